The van der Waals surface area contributed by atoms with Crippen molar-refractivity contribution in [3.8, 4) is 0 Å². The molecule has 110 valence electrons. The van der Waals surface area contributed by atoms with Crippen molar-refractivity contribution in [1.82, 2.24) is 10.2 Å². The largest absolute Gasteiger partial charge is 0.379 e. The van der Waals surface area contributed by atoms with Crippen LogP contribution in [0.2, 0.25) is 0 Å². The lowest BCUT2D eigenvalue weighted by Gasteiger charge is -2.16. The second kappa shape index (κ2) is 10.4. The highest BCUT2D eigenvalue weighted by atomic mass is 32.1. The van der Waals surface area contributed by atoms with E-state index in [-0.39, 0.29) is 0 Å². The molecule has 0 aliphatic carbocycles. The van der Waals surface area contributed by atoms with Crippen molar-refractivity contribution in [3.05, 3.63) is 22.4 Å². The van der Waals surface area contributed by atoms with Gasteiger partial charge in [-0.15, -0.1) is 11.3 Å². The van der Waals surface area contributed by atoms with Crippen LogP contribution in [0.25, 0.3) is 0 Å². The first-order chi connectivity index (χ1) is 9.18. The van der Waals surface area contributed by atoms with Crippen LogP contribution in [0, 0.1) is 0 Å². The maximum absolute atomic E-state index is 5.50. The van der Waals surface area contributed by atoms with Crippen LogP contribution in [0.4, 0.5) is 0 Å². The van der Waals surface area contributed by atoms with Gasteiger partial charge in [-0.05, 0) is 51.7 Å². The molecule has 0 unspecified atom stereocenters. The first-order valence-corrected chi connectivity index (χ1v) is 8.09. The highest BCUT2D eigenvalue weighted by Gasteiger charge is 2.00. The van der Waals surface area contributed by atoms with Crippen LogP contribution in [-0.4, -0.2) is 50.8 Å². The van der Waals surface area contributed by atoms with E-state index in [0.717, 1.165) is 45.6 Å². The lowest BCUT2D eigenvalue weighted by Crippen LogP contribution is -2.31. The number of rotatable bonds is 11. The van der Waals surface area contributed by atoms with Crippen molar-refractivity contribution < 1.29 is 4.74 Å². The Balaban J connectivity index is 1.88. The molecule has 0 spiro atoms. The zero-order valence-corrected chi connectivity index (χ0v) is 13.3. The summed E-state index contributed by atoms with van der Waals surface area (Å²) >= 11 is 1.85. The van der Waals surface area contributed by atoms with Crippen LogP contribution >= 0.6 is 11.3 Å². The lowest BCUT2D eigenvalue weighted by atomic mass is 10.3. The van der Waals surface area contributed by atoms with Gasteiger partial charge in [-0.3, -0.25) is 0 Å². The number of ether oxygens (including phenoxy) is 1. The van der Waals surface area contributed by atoms with E-state index in [0.29, 0.717) is 6.10 Å². The Morgan fingerprint density at radius 2 is 2.16 bits per heavy atom. The van der Waals surface area contributed by atoms with Crippen LogP contribution < -0.4 is 5.32 Å². The highest BCUT2D eigenvalue weighted by molar-refractivity contribution is 7.09. The molecule has 0 aromatic carbocycles. The van der Waals surface area contributed by atoms with E-state index in [1.54, 1.807) is 0 Å². The topological polar surface area (TPSA) is 24.5 Å². The van der Waals surface area contributed by atoms with Gasteiger partial charge in [0.1, 0.15) is 0 Å². The van der Waals surface area contributed by atoms with Gasteiger partial charge in [0, 0.05) is 31.1 Å². The second-order valence-electron chi connectivity index (χ2n) is 5.16. The first kappa shape index (κ1) is 16.6. The van der Waals surface area contributed by atoms with Crippen molar-refractivity contribution in [2.24, 2.45) is 0 Å². The molecule has 19 heavy (non-hydrogen) atoms. The fraction of sp³-hybridized carbons (Fsp3) is 0.733. The van der Waals surface area contributed by atoms with Crippen LogP contribution in [-0.2, 0) is 11.2 Å². The minimum Gasteiger partial charge on any atom is -0.379 e. The molecule has 0 atom stereocenters. The van der Waals surface area contributed by atoms with Gasteiger partial charge in [-0.2, -0.15) is 0 Å². The van der Waals surface area contributed by atoms with E-state index in [9.17, 15) is 0 Å². The van der Waals surface area contributed by atoms with Crippen molar-refractivity contribution in [2.75, 3.05) is 39.8 Å². The van der Waals surface area contributed by atoms with Gasteiger partial charge in [-0.25, -0.2) is 0 Å². The Bertz CT molecular complexity index is 301. The number of hydrogen-bond acceptors (Lipinski definition) is 4. The van der Waals surface area contributed by atoms with E-state index >= 15 is 0 Å². The summed E-state index contributed by atoms with van der Waals surface area (Å²) in [4.78, 5) is 3.86. The summed E-state index contributed by atoms with van der Waals surface area (Å²) in [5.74, 6) is 0. The average molecular weight is 284 g/mol. The molecule has 1 heterocycles. The van der Waals surface area contributed by atoms with Gasteiger partial charge >= 0.3 is 0 Å². The molecular formula is C15H28N2OS. The van der Waals surface area contributed by atoms with E-state index in [2.05, 4.69) is 48.6 Å². The first-order valence-electron chi connectivity index (χ1n) is 7.21. The highest BCUT2D eigenvalue weighted by Crippen LogP contribution is 2.09. The maximum Gasteiger partial charge on any atom is 0.0518 e. The van der Waals surface area contributed by atoms with E-state index in [1.807, 2.05) is 11.3 Å². The summed E-state index contributed by atoms with van der Waals surface area (Å²) < 4.78 is 5.50. The Morgan fingerprint density at radius 3 is 2.84 bits per heavy atom. The molecule has 0 saturated heterocycles. The van der Waals surface area contributed by atoms with Gasteiger partial charge in [0.15, 0.2) is 0 Å². The number of likely N-dealkylation sites (N-methyl/N-ethyl adjacent to an activating group) is 1. The zero-order valence-electron chi connectivity index (χ0n) is 12.5. The molecular weight excluding hydrogens is 256 g/mol. The molecule has 1 rings (SSSR count). The normalized spacial score (nSPS) is 11.6. The maximum atomic E-state index is 5.50. The molecule has 3 nitrogen and oxygen atoms in total. The van der Waals surface area contributed by atoms with Crippen LogP contribution in [0.15, 0.2) is 17.5 Å². The minimum absolute atomic E-state index is 0.350. The van der Waals surface area contributed by atoms with Gasteiger partial charge in [-0.1, -0.05) is 6.07 Å². The molecule has 0 radical (unpaired) electrons. The Labute approximate surface area is 122 Å². The third kappa shape index (κ3) is 9.16. The molecule has 0 saturated carbocycles. The van der Waals surface area contributed by atoms with E-state index in [4.69, 9.17) is 4.74 Å². The fourth-order valence-electron chi connectivity index (χ4n) is 1.78. The third-order valence-electron chi connectivity index (χ3n) is 2.94. The van der Waals surface area contributed by atoms with E-state index < -0.39 is 0 Å². The van der Waals surface area contributed by atoms with Crippen LogP contribution in [0.5, 0.6) is 0 Å². The predicted octanol–water partition coefficient (Wildman–Crippen LogP) is 2.63. The van der Waals surface area contributed by atoms with Crippen molar-refractivity contribution in [3.63, 3.8) is 0 Å². The monoisotopic (exact) mass is 284 g/mol. The molecule has 0 aliphatic heterocycles. The summed E-state index contributed by atoms with van der Waals surface area (Å²) in [7, 11) is 2.19. The van der Waals surface area contributed by atoms with Gasteiger partial charge in [0.05, 0.1) is 6.10 Å². The fourth-order valence-corrected chi connectivity index (χ4v) is 2.48. The van der Waals surface area contributed by atoms with Crippen molar-refractivity contribution >= 4 is 11.3 Å². The quantitative estimate of drug-likeness (QED) is 0.632. The molecule has 4 heteroatoms. The number of hydrogen-bond donors (Lipinski definition) is 1. The molecule has 1 N–H and O–H groups in total. The lowest BCUT2D eigenvalue weighted by molar-refractivity contribution is 0.0770. The minimum atomic E-state index is 0.350. The van der Waals surface area contributed by atoms with Gasteiger partial charge < -0.3 is 15.0 Å². The van der Waals surface area contributed by atoms with Crippen molar-refractivity contribution in [2.45, 2.75) is 32.8 Å². The number of nitrogens with one attached hydrogen (secondary N) is 1. The smallest absolute Gasteiger partial charge is 0.0518 e. The summed E-state index contributed by atoms with van der Waals surface area (Å²) in [5, 5.41) is 5.61. The number of nitrogens with zero attached hydrogens (tertiary/aromatic N) is 1. The molecule has 0 fully saturated rings. The summed E-state index contributed by atoms with van der Waals surface area (Å²) in [6.07, 6.45) is 2.61. The predicted molar refractivity (Wildman–Crippen MR) is 84.1 cm³/mol. The molecule has 0 bridgehead atoms. The molecule has 1 aromatic rings. The molecule has 0 aliphatic rings. The second-order valence-corrected chi connectivity index (χ2v) is 6.19. The van der Waals surface area contributed by atoms with Crippen LogP contribution in [0.3, 0.4) is 0 Å². The van der Waals surface area contributed by atoms with Gasteiger partial charge in [0.2, 0.25) is 0 Å². The van der Waals surface area contributed by atoms with Crippen molar-refractivity contribution in [1.29, 1.82) is 0 Å². The Kier molecular flexibility index (Phi) is 9.08. The van der Waals surface area contributed by atoms with Gasteiger partial charge in [0.25, 0.3) is 0 Å². The number of thiophene rings is 1. The Hall–Kier alpha value is -0.420. The molecule has 0 amide bonds. The SMILES string of the molecule is CC(C)OCCCNCCN(C)CCc1cccs1. The van der Waals surface area contributed by atoms with Crippen LogP contribution in [0.1, 0.15) is 25.1 Å². The summed E-state index contributed by atoms with van der Waals surface area (Å²) in [6.45, 7) is 9.37. The average Bonchev–Trinajstić information content (AvgIpc) is 2.88. The molecule has 1 aromatic heterocycles. The third-order valence-corrected chi connectivity index (χ3v) is 3.88. The summed E-state index contributed by atoms with van der Waals surface area (Å²) in [6, 6.07) is 4.34. The summed E-state index contributed by atoms with van der Waals surface area (Å²) in [5.41, 5.74) is 0. The standard InChI is InChI=1S/C15H28N2OS/c1-14(2)18-12-5-8-16-9-11-17(3)10-7-15-6-4-13-19-15/h4,6,13-14,16H,5,7-12H2,1-3H3. The Morgan fingerprint density at radius 1 is 1.32 bits per heavy atom. The zero-order chi connectivity index (χ0) is 13.9. The van der Waals surface area contributed by atoms with E-state index in [1.165, 1.54) is 4.88 Å².